The molecular formula is C24H26N2O6. The minimum Gasteiger partial charge on any atom is -0.511 e. The van der Waals surface area contributed by atoms with Crippen LogP contribution in [0.3, 0.4) is 0 Å². The van der Waals surface area contributed by atoms with Gasteiger partial charge in [0.2, 0.25) is 0 Å². The van der Waals surface area contributed by atoms with Crippen molar-refractivity contribution in [1.29, 1.82) is 0 Å². The first-order valence-electron chi connectivity index (χ1n) is 11.0. The molecule has 1 amide bonds. The van der Waals surface area contributed by atoms with Crippen molar-refractivity contribution in [3.8, 4) is 5.75 Å². The number of benzene rings is 1. The maximum atomic E-state index is 13.4. The van der Waals surface area contributed by atoms with E-state index in [0.717, 1.165) is 30.5 Å². The van der Waals surface area contributed by atoms with Crippen LogP contribution in [0.25, 0.3) is 5.76 Å². The first kappa shape index (κ1) is 20.8. The number of carbonyl (C=O) groups is 3. The molecule has 0 radical (unpaired) electrons. The number of aliphatic hydroxyl groups is 2. The number of nitrogens with zero attached hydrogens (tertiary/aromatic N) is 1. The summed E-state index contributed by atoms with van der Waals surface area (Å²) in [6.45, 7) is 0.982. The number of allylic oxidation sites excluding steroid dienone is 2. The number of rotatable bonds is 2. The molecular weight excluding hydrogens is 412 g/mol. The fourth-order valence-corrected chi connectivity index (χ4v) is 6.22. The van der Waals surface area contributed by atoms with Crippen molar-refractivity contribution in [3.63, 3.8) is 0 Å². The number of likely N-dealkylation sites (tertiary alicyclic amines) is 1. The summed E-state index contributed by atoms with van der Waals surface area (Å²) in [4.78, 5) is 39.6. The fraction of sp³-hybridized carbons (Fsp3) is 0.458. The summed E-state index contributed by atoms with van der Waals surface area (Å²) in [5.74, 6) is -4.97. The molecule has 1 aromatic rings. The number of nitrogens with two attached hydrogens (primary N) is 1. The van der Waals surface area contributed by atoms with Crippen molar-refractivity contribution in [2.45, 2.75) is 38.1 Å². The molecule has 3 aliphatic carbocycles. The molecule has 0 bridgehead atoms. The molecule has 1 heterocycles. The van der Waals surface area contributed by atoms with Crippen molar-refractivity contribution in [2.24, 2.45) is 23.5 Å². The third kappa shape index (κ3) is 2.89. The number of ketones is 2. The minimum absolute atomic E-state index is 0.0473. The number of primary amides is 1. The Labute approximate surface area is 185 Å². The van der Waals surface area contributed by atoms with Crippen LogP contribution in [0.5, 0.6) is 5.75 Å². The molecule has 5 rings (SSSR count). The average Bonchev–Trinajstić information content (AvgIpc) is 3.12. The summed E-state index contributed by atoms with van der Waals surface area (Å²) in [5.41, 5.74) is 6.87. The maximum absolute atomic E-state index is 13.4. The van der Waals surface area contributed by atoms with Crippen molar-refractivity contribution in [3.05, 3.63) is 45.7 Å². The van der Waals surface area contributed by atoms with Gasteiger partial charge in [-0.25, -0.2) is 0 Å². The van der Waals surface area contributed by atoms with Gasteiger partial charge in [-0.2, -0.15) is 0 Å². The van der Waals surface area contributed by atoms with Gasteiger partial charge in [-0.1, -0.05) is 6.07 Å². The number of hydrogen-bond acceptors (Lipinski definition) is 7. The van der Waals surface area contributed by atoms with E-state index in [2.05, 4.69) is 4.90 Å². The molecule has 1 aliphatic heterocycles. The van der Waals surface area contributed by atoms with E-state index >= 15 is 0 Å². The summed E-state index contributed by atoms with van der Waals surface area (Å²) in [6, 6.07) is 3.85. The van der Waals surface area contributed by atoms with Gasteiger partial charge in [0.1, 0.15) is 22.8 Å². The van der Waals surface area contributed by atoms with E-state index < -0.39 is 40.6 Å². The van der Waals surface area contributed by atoms with Crippen molar-refractivity contribution in [2.75, 3.05) is 13.6 Å². The highest BCUT2D eigenvalue weighted by Gasteiger charge is 2.50. The lowest BCUT2D eigenvalue weighted by molar-refractivity contribution is -0.127. The van der Waals surface area contributed by atoms with E-state index in [1.165, 1.54) is 0 Å². The second kappa shape index (κ2) is 7.20. The summed E-state index contributed by atoms with van der Waals surface area (Å²) in [7, 11) is 2.05. The molecule has 32 heavy (non-hydrogen) atoms. The monoisotopic (exact) mass is 438 g/mol. The smallest absolute Gasteiger partial charge is 0.255 e. The Bertz CT molecular complexity index is 1130. The lowest BCUT2D eigenvalue weighted by atomic mass is 9.61. The molecule has 4 aliphatic rings. The van der Waals surface area contributed by atoms with E-state index in [0.29, 0.717) is 12.8 Å². The van der Waals surface area contributed by atoms with E-state index in [4.69, 9.17) is 5.73 Å². The topological polar surface area (TPSA) is 141 Å². The Morgan fingerprint density at radius 1 is 1.16 bits per heavy atom. The normalized spacial score (nSPS) is 30.3. The van der Waals surface area contributed by atoms with Crippen LogP contribution in [0.1, 0.15) is 48.4 Å². The lowest BCUT2D eigenvalue weighted by Crippen LogP contribution is -2.44. The zero-order chi connectivity index (χ0) is 22.9. The van der Waals surface area contributed by atoms with Gasteiger partial charge in [0, 0.05) is 18.0 Å². The molecule has 1 saturated heterocycles. The number of aromatic hydroxyl groups is 1. The molecule has 2 fully saturated rings. The molecule has 1 aromatic carbocycles. The first-order valence-corrected chi connectivity index (χ1v) is 11.0. The summed E-state index contributed by atoms with van der Waals surface area (Å²) < 4.78 is 0. The van der Waals surface area contributed by atoms with Crippen LogP contribution in [0.4, 0.5) is 0 Å². The highest BCUT2D eigenvalue weighted by atomic mass is 16.3. The molecule has 0 aromatic heterocycles. The van der Waals surface area contributed by atoms with Crippen LogP contribution in [-0.4, -0.2) is 51.3 Å². The molecule has 4 atom stereocenters. The van der Waals surface area contributed by atoms with Crippen molar-refractivity contribution < 1.29 is 29.7 Å². The van der Waals surface area contributed by atoms with Gasteiger partial charge in [0.05, 0.1) is 11.5 Å². The summed E-state index contributed by atoms with van der Waals surface area (Å²) >= 11 is 0. The van der Waals surface area contributed by atoms with Gasteiger partial charge in [-0.15, -0.1) is 0 Å². The van der Waals surface area contributed by atoms with Crippen LogP contribution < -0.4 is 5.73 Å². The Balaban J connectivity index is 1.59. The molecule has 1 saturated carbocycles. The van der Waals surface area contributed by atoms with Gasteiger partial charge < -0.3 is 21.1 Å². The predicted octanol–water partition coefficient (Wildman–Crippen LogP) is 2.08. The number of phenolic OH excluding ortho intramolecular Hbond substituents is 1. The second-order valence-corrected chi connectivity index (χ2v) is 9.47. The number of amides is 1. The van der Waals surface area contributed by atoms with Gasteiger partial charge in [-0.3, -0.25) is 19.3 Å². The number of Topliss-reactive ketones (excluding diaryl/α,β-unsaturated/α-hetero) is 2. The van der Waals surface area contributed by atoms with E-state index in [1.807, 2.05) is 13.1 Å². The largest absolute Gasteiger partial charge is 0.511 e. The maximum Gasteiger partial charge on any atom is 0.255 e. The minimum atomic E-state index is -1.08. The average molecular weight is 438 g/mol. The zero-order valence-electron chi connectivity index (χ0n) is 17.8. The third-order valence-electron chi connectivity index (χ3n) is 7.62. The number of hydrogen-bond donors (Lipinski definition) is 4. The van der Waals surface area contributed by atoms with E-state index in [9.17, 15) is 29.7 Å². The van der Waals surface area contributed by atoms with Crippen LogP contribution in [-0.2, 0) is 20.8 Å². The van der Waals surface area contributed by atoms with Crippen LogP contribution in [0.2, 0.25) is 0 Å². The molecule has 5 N–H and O–H groups in total. The van der Waals surface area contributed by atoms with Gasteiger partial charge in [-0.05, 0) is 68.3 Å². The molecule has 168 valence electrons. The lowest BCUT2D eigenvalue weighted by Gasteiger charge is -2.41. The van der Waals surface area contributed by atoms with Crippen molar-refractivity contribution >= 4 is 23.2 Å². The molecule has 8 nitrogen and oxygen atoms in total. The number of fused-ring (bicyclic) bond motifs is 3. The third-order valence-corrected chi connectivity index (χ3v) is 7.62. The Kier molecular flexibility index (Phi) is 4.67. The van der Waals surface area contributed by atoms with E-state index in [1.54, 1.807) is 6.07 Å². The van der Waals surface area contributed by atoms with Gasteiger partial charge in [0.15, 0.2) is 11.6 Å². The number of phenols is 1. The summed E-state index contributed by atoms with van der Waals surface area (Å²) in [6.07, 6.45) is 2.87. The Morgan fingerprint density at radius 2 is 1.91 bits per heavy atom. The predicted molar refractivity (Wildman–Crippen MR) is 115 cm³/mol. The van der Waals surface area contributed by atoms with Gasteiger partial charge >= 0.3 is 0 Å². The quantitative estimate of drug-likeness (QED) is 0.518. The van der Waals surface area contributed by atoms with Crippen LogP contribution >= 0.6 is 0 Å². The van der Waals surface area contributed by atoms with Crippen LogP contribution in [0, 0.1) is 17.8 Å². The number of carbonyl (C=O) groups excluding carboxylic acids is 3. The van der Waals surface area contributed by atoms with E-state index in [-0.39, 0.29) is 41.0 Å². The highest BCUT2D eigenvalue weighted by molar-refractivity contribution is 6.21. The Hall–Kier alpha value is -3.13. The first-order chi connectivity index (χ1) is 15.2. The zero-order valence-corrected chi connectivity index (χ0v) is 17.8. The van der Waals surface area contributed by atoms with Crippen LogP contribution in [0.15, 0.2) is 29.0 Å². The Morgan fingerprint density at radius 3 is 2.56 bits per heavy atom. The van der Waals surface area contributed by atoms with Gasteiger partial charge in [0.25, 0.3) is 5.91 Å². The molecule has 3 unspecified atom stereocenters. The standard InChI is InChI=1S/C24H26N2O6/c1-26-4-2-3-14(26)10-5-11-6-12-7-13-9-16(28)20(24(25)32)23(31)19(13)22(30)18(12)21(29)17(11)15(27)8-10/h5,8,12-14,19,27,29,31H,2-4,6-7,9H2,1H3,(H2,25,32)/t12-,13?,14?,19?/m0/s1. The van der Waals surface area contributed by atoms with Crippen molar-refractivity contribution in [1.82, 2.24) is 4.90 Å². The summed E-state index contributed by atoms with van der Waals surface area (Å²) in [5, 5.41) is 32.4. The fourth-order valence-electron chi connectivity index (χ4n) is 6.22. The molecule has 8 heteroatoms. The SMILES string of the molecule is CN1CCCC1c1cc(O)c2c(c1)C[C@H]1CC3CC(=O)C(C(N)=O)=C(O)C3C(=O)C1=C2O. The molecule has 0 spiro atoms. The number of aliphatic hydroxyl groups excluding tert-OH is 2. The second-order valence-electron chi connectivity index (χ2n) is 9.47. The highest BCUT2D eigenvalue weighted by Crippen LogP contribution is 2.50.